The standard InChI is InChI=1S/C31H33ClF5NO4S/c1-27-8-7-20(39)12-23(27)24(33)13-22-21-11-18-16-38(15-17-3-5-19(32)6-4-17)42-31(18,26(41)43-10-9-29(34,35)36)28(21,2)14-25(40)30(22,27)37/h3-8,12,18,21-22,24-25,40H,9-11,13-16H2,1-2H3/t18-,21-,22-,24-,25-,27-,28-,30-,31-/m0/s1. The van der Waals surface area contributed by atoms with Gasteiger partial charge in [-0.2, -0.15) is 18.2 Å². The number of aliphatic hydroxyl groups excluding tert-OH is 1. The average Bonchev–Trinajstić information content (AvgIpc) is 3.40. The molecule has 5 aliphatic rings. The number of carbonyl (C=O) groups is 2. The van der Waals surface area contributed by atoms with Gasteiger partial charge in [-0.15, -0.1) is 0 Å². The van der Waals surface area contributed by atoms with E-state index in [-0.39, 0.29) is 37.9 Å². The molecule has 6 rings (SSSR count). The third-order valence-corrected chi connectivity index (χ3v) is 12.1. The van der Waals surface area contributed by atoms with Gasteiger partial charge in [-0.1, -0.05) is 48.5 Å². The first-order valence-electron chi connectivity index (χ1n) is 14.4. The Morgan fingerprint density at radius 2 is 1.88 bits per heavy atom. The molecule has 4 aliphatic carbocycles. The Morgan fingerprint density at radius 3 is 2.56 bits per heavy atom. The molecule has 1 heterocycles. The van der Waals surface area contributed by atoms with E-state index >= 15 is 8.78 Å². The number of fused-ring (bicyclic) bond motifs is 7. The van der Waals surface area contributed by atoms with Crippen molar-refractivity contribution in [2.75, 3.05) is 12.3 Å². The Bertz CT molecular complexity index is 1390. The number of carbonyl (C=O) groups excluding carboxylic acids is 2. The van der Waals surface area contributed by atoms with Gasteiger partial charge in [-0.25, -0.2) is 8.78 Å². The maximum Gasteiger partial charge on any atom is 0.389 e. The maximum absolute atomic E-state index is 17.6. The molecule has 0 unspecified atom stereocenters. The first kappa shape index (κ1) is 31.2. The second kappa shape index (κ2) is 10.4. The first-order valence-corrected chi connectivity index (χ1v) is 15.8. The predicted octanol–water partition coefficient (Wildman–Crippen LogP) is 6.58. The van der Waals surface area contributed by atoms with Crippen LogP contribution in [0.1, 0.15) is 45.1 Å². The van der Waals surface area contributed by atoms with Crippen molar-refractivity contribution in [1.82, 2.24) is 5.06 Å². The molecule has 234 valence electrons. The van der Waals surface area contributed by atoms with E-state index < -0.39 is 81.4 Å². The van der Waals surface area contributed by atoms with E-state index in [1.807, 2.05) is 0 Å². The highest BCUT2D eigenvalue weighted by atomic mass is 35.5. The van der Waals surface area contributed by atoms with Gasteiger partial charge in [0, 0.05) is 46.5 Å². The van der Waals surface area contributed by atoms with Gasteiger partial charge in [0.1, 0.15) is 6.17 Å². The fourth-order valence-electron chi connectivity index (χ4n) is 8.92. The summed E-state index contributed by atoms with van der Waals surface area (Å²) < 4.78 is 72.5. The Labute approximate surface area is 255 Å². The van der Waals surface area contributed by atoms with E-state index in [0.29, 0.717) is 16.8 Å². The van der Waals surface area contributed by atoms with Crippen LogP contribution in [0.5, 0.6) is 0 Å². The van der Waals surface area contributed by atoms with Crippen LogP contribution in [0.25, 0.3) is 0 Å². The van der Waals surface area contributed by atoms with Gasteiger partial charge in [0.15, 0.2) is 17.1 Å². The van der Waals surface area contributed by atoms with Crippen molar-refractivity contribution < 1.29 is 41.5 Å². The fourth-order valence-corrected chi connectivity index (χ4v) is 10.2. The monoisotopic (exact) mass is 645 g/mol. The van der Waals surface area contributed by atoms with Crippen LogP contribution in [0.15, 0.2) is 48.1 Å². The number of halogens is 6. The lowest BCUT2D eigenvalue weighted by Crippen LogP contribution is -2.70. The SMILES string of the molecule is C[C@]12C=CC(=O)C=C1[C@@H](F)C[C@H]1[C@@H]3C[C@H]4CN(Cc5ccc(Cl)cc5)O[C@@]4(C(=O)SCCC(F)(F)F)[C@@]3(C)C[C@H](O)[C@@]12F. The van der Waals surface area contributed by atoms with Crippen LogP contribution in [-0.2, 0) is 21.0 Å². The van der Waals surface area contributed by atoms with Crippen molar-refractivity contribution in [3.05, 3.63) is 58.7 Å². The minimum atomic E-state index is -4.45. The van der Waals surface area contributed by atoms with Gasteiger partial charge in [0.05, 0.1) is 12.5 Å². The molecular weight excluding hydrogens is 613 g/mol. The average molecular weight is 646 g/mol. The van der Waals surface area contributed by atoms with Gasteiger partial charge >= 0.3 is 6.18 Å². The van der Waals surface area contributed by atoms with Crippen molar-refractivity contribution in [1.29, 1.82) is 0 Å². The Hall–Kier alpha value is -1.79. The quantitative estimate of drug-likeness (QED) is 0.365. The van der Waals surface area contributed by atoms with Crippen LogP contribution < -0.4 is 0 Å². The van der Waals surface area contributed by atoms with Crippen molar-refractivity contribution >= 4 is 34.3 Å². The van der Waals surface area contributed by atoms with E-state index in [1.165, 1.54) is 19.1 Å². The van der Waals surface area contributed by atoms with Crippen molar-refractivity contribution in [2.45, 2.75) is 75.8 Å². The van der Waals surface area contributed by atoms with Gasteiger partial charge < -0.3 is 5.11 Å². The molecule has 12 heteroatoms. The van der Waals surface area contributed by atoms with E-state index in [9.17, 15) is 27.9 Å². The first-order chi connectivity index (χ1) is 20.0. The topological polar surface area (TPSA) is 66.8 Å². The zero-order valence-corrected chi connectivity index (χ0v) is 25.2. The third-order valence-electron chi connectivity index (χ3n) is 10.9. The number of rotatable bonds is 5. The van der Waals surface area contributed by atoms with Crippen LogP contribution in [0, 0.1) is 28.6 Å². The van der Waals surface area contributed by atoms with Crippen molar-refractivity contribution in [2.24, 2.45) is 28.6 Å². The van der Waals surface area contributed by atoms with Gasteiger partial charge in [0.2, 0.25) is 5.12 Å². The zero-order valence-electron chi connectivity index (χ0n) is 23.7. The molecule has 43 heavy (non-hydrogen) atoms. The molecule has 1 N–H and O–H groups in total. The minimum Gasteiger partial charge on any atom is -0.390 e. The summed E-state index contributed by atoms with van der Waals surface area (Å²) in [5.74, 6) is -3.12. The molecule has 1 aliphatic heterocycles. The van der Waals surface area contributed by atoms with Crippen molar-refractivity contribution in [3.63, 3.8) is 0 Å². The molecule has 0 amide bonds. The van der Waals surface area contributed by atoms with Crippen LogP contribution >= 0.6 is 23.4 Å². The molecule has 1 aromatic carbocycles. The lowest BCUT2D eigenvalue weighted by molar-refractivity contribution is -0.266. The highest BCUT2D eigenvalue weighted by molar-refractivity contribution is 8.13. The Balaban J connectivity index is 1.38. The lowest BCUT2D eigenvalue weighted by atomic mass is 9.44. The van der Waals surface area contributed by atoms with Crippen LogP contribution in [0.2, 0.25) is 5.02 Å². The van der Waals surface area contributed by atoms with Gasteiger partial charge in [-0.3, -0.25) is 14.4 Å². The number of hydrogen-bond acceptors (Lipinski definition) is 6. The van der Waals surface area contributed by atoms with E-state index in [2.05, 4.69) is 0 Å². The van der Waals surface area contributed by atoms with Crippen LogP contribution in [0.3, 0.4) is 0 Å². The summed E-state index contributed by atoms with van der Waals surface area (Å²) in [6.45, 7) is 3.75. The number of hydrogen-bond donors (Lipinski definition) is 1. The highest BCUT2D eigenvalue weighted by Gasteiger charge is 2.79. The second-order valence-corrected chi connectivity index (χ2v) is 14.6. The molecule has 1 aromatic rings. The largest absolute Gasteiger partial charge is 0.390 e. The number of thioether (sulfide) groups is 1. The predicted molar refractivity (Wildman–Crippen MR) is 151 cm³/mol. The molecule has 0 radical (unpaired) electrons. The summed E-state index contributed by atoms with van der Waals surface area (Å²) >= 11 is 6.56. The minimum absolute atomic E-state index is 0.00141. The Morgan fingerprint density at radius 1 is 1.19 bits per heavy atom. The highest BCUT2D eigenvalue weighted by Crippen LogP contribution is 2.73. The van der Waals surface area contributed by atoms with Crippen LogP contribution in [0.4, 0.5) is 22.0 Å². The number of allylic oxidation sites excluding steroid dienone is 4. The number of aliphatic hydroxyl groups is 1. The molecule has 4 fully saturated rings. The number of hydroxylamine groups is 2. The third kappa shape index (κ3) is 4.58. The number of nitrogens with zero attached hydrogens (tertiary/aromatic N) is 1. The molecule has 3 saturated carbocycles. The molecule has 0 bridgehead atoms. The number of ketones is 1. The molecule has 5 nitrogen and oxygen atoms in total. The maximum atomic E-state index is 17.6. The normalized spacial score (nSPS) is 42.2. The Kier molecular flexibility index (Phi) is 7.53. The summed E-state index contributed by atoms with van der Waals surface area (Å²) in [7, 11) is 0. The smallest absolute Gasteiger partial charge is 0.389 e. The van der Waals surface area contributed by atoms with Gasteiger partial charge in [0.25, 0.3) is 0 Å². The number of benzene rings is 1. The second-order valence-electron chi connectivity index (χ2n) is 13.1. The zero-order chi connectivity index (χ0) is 31.2. The molecule has 1 saturated heterocycles. The van der Waals surface area contributed by atoms with E-state index in [0.717, 1.165) is 11.6 Å². The fraction of sp³-hybridized carbons (Fsp3) is 0.613. The van der Waals surface area contributed by atoms with E-state index in [1.54, 1.807) is 36.3 Å². The van der Waals surface area contributed by atoms with Crippen molar-refractivity contribution in [3.8, 4) is 0 Å². The lowest BCUT2D eigenvalue weighted by Gasteiger charge is -2.63. The summed E-state index contributed by atoms with van der Waals surface area (Å²) in [5.41, 5.74) is -5.94. The molecule has 9 atom stereocenters. The van der Waals surface area contributed by atoms with Gasteiger partial charge in [-0.05, 0) is 67.5 Å². The number of alkyl halides is 5. The summed E-state index contributed by atoms with van der Waals surface area (Å²) in [6.07, 6.45) is -5.49. The molecule has 0 aromatic heterocycles. The summed E-state index contributed by atoms with van der Waals surface area (Å²) in [5, 5.41) is 13.2. The summed E-state index contributed by atoms with van der Waals surface area (Å²) in [6, 6.07) is 7.03. The van der Waals surface area contributed by atoms with Crippen LogP contribution in [-0.4, -0.2) is 63.1 Å². The van der Waals surface area contributed by atoms with E-state index in [4.69, 9.17) is 16.4 Å². The summed E-state index contributed by atoms with van der Waals surface area (Å²) in [4.78, 5) is 32.7. The molecular formula is C31H33ClF5NO4S. The molecule has 0 spiro atoms.